The third-order valence-corrected chi connectivity index (χ3v) is 6.91. The minimum absolute atomic E-state index is 0.778. The molecule has 1 fully saturated rings. The van der Waals surface area contributed by atoms with Crippen molar-refractivity contribution in [3.8, 4) is 11.8 Å². The van der Waals surface area contributed by atoms with Crippen molar-refractivity contribution in [3.63, 3.8) is 0 Å². The number of allylic oxidation sites excluding steroid dienone is 2. The van der Waals surface area contributed by atoms with Crippen LogP contribution < -0.4 is 0 Å². The van der Waals surface area contributed by atoms with E-state index in [9.17, 15) is 0 Å². The lowest BCUT2D eigenvalue weighted by molar-refractivity contribution is 0.319. The van der Waals surface area contributed by atoms with E-state index in [2.05, 4.69) is 56.0 Å². The highest BCUT2D eigenvalue weighted by Gasteiger charge is 2.21. The molecule has 0 nitrogen and oxygen atoms in total. The van der Waals surface area contributed by atoms with Crippen LogP contribution in [-0.2, 0) is 0 Å². The first-order valence-corrected chi connectivity index (χ1v) is 11.6. The highest BCUT2D eigenvalue weighted by molar-refractivity contribution is 5.42. The van der Waals surface area contributed by atoms with Gasteiger partial charge in [0.2, 0.25) is 0 Å². The van der Waals surface area contributed by atoms with Gasteiger partial charge >= 0.3 is 0 Å². The van der Waals surface area contributed by atoms with Gasteiger partial charge in [-0.05, 0) is 86.0 Å². The van der Waals surface area contributed by atoms with Crippen LogP contribution in [0.2, 0.25) is 0 Å². The smallest absolute Gasteiger partial charge is 0.0249 e. The third-order valence-electron chi connectivity index (χ3n) is 6.91. The Balaban J connectivity index is 1.49. The molecule has 146 valence electrons. The van der Waals surface area contributed by atoms with Crippen molar-refractivity contribution in [2.24, 2.45) is 11.8 Å². The molecule has 27 heavy (non-hydrogen) atoms. The van der Waals surface area contributed by atoms with Crippen molar-refractivity contribution in [1.29, 1.82) is 0 Å². The molecule has 0 heteroatoms. The number of hydrogen-bond acceptors (Lipinski definition) is 0. The second-order valence-electron chi connectivity index (χ2n) is 8.86. The Morgan fingerprint density at radius 1 is 0.852 bits per heavy atom. The molecular formula is C27H38. The van der Waals surface area contributed by atoms with E-state index in [1.54, 1.807) is 0 Å². The highest BCUT2D eigenvalue weighted by atomic mass is 14.3. The Morgan fingerprint density at radius 2 is 1.63 bits per heavy atom. The Morgan fingerprint density at radius 3 is 2.26 bits per heavy atom. The molecule has 0 saturated heterocycles. The lowest BCUT2D eigenvalue weighted by Crippen LogP contribution is -2.12. The summed E-state index contributed by atoms with van der Waals surface area (Å²) >= 11 is 0. The minimum atomic E-state index is 0.778. The van der Waals surface area contributed by atoms with Crippen LogP contribution in [0.1, 0.15) is 108 Å². The molecule has 0 heterocycles. The van der Waals surface area contributed by atoms with Crippen LogP contribution in [0.15, 0.2) is 35.9 Å². The van der Waals surface area contributed by atoms with Gasteiger partial charge in [-0.1, -0.05) is 76.0 Å². The molecule has 0 bridgehead atoms. The topological polar surface area (TPSA) is 0 Å². The zero-order valence-electron chi connectivity index (χ0n) is 17.6. The molecule has 1 aromatic carbocycles. The largest absolute Gasteiger partial charge is 0.0726 e. The molecule has 2 aliphatic rings. The summed E-state index contributed by atoms with van der Waals surface area (Å²) in [5.41, 5.74) is 4.07. The Kier molecular flexibility index (Phi) is 8.07. The molecule has 1 atom stereocenters. The number of hydrogen-bond donors (Lipinski definition) is 0. The Bertz CT molecular complexity index is 644. The zero-order valence-corrected chi connectivity index (χ0v) is 17.6. The lowest BCUT2D eigenvalue weighted by Gasteiger charge is -2.28. The first-order valence-electron chi connectivity index (χ1n) is 11.6. The quantitative estimate of drug-likeness (QED) is 0.355. The first-order chi connectivity index (χ1) is 13.3. The molecule has 0 spiro atoms. The summed E-state index contributed by atoms with van der Waals surface area (Å²) in [5, 5.41) is 0. The first kappa shape index (κ1) is 20.3. The molecule has 0 aliphatic heterocycles. The van der Waals surface area contributed by atoms with Gasteiger partial charge in [-0.3, -0.25) is 0 Å². The molecular weight excluding hydrogens is 324 g/mol. The van der Waals surface area contributed by atoms with Crippen LogP contribution in [0, 0.1) is 23.7 Å². The van der Waals surface area contributed by atoms with E-state index in [0.29, 0.717) is 0 Å². The van der Waals surface area contributed by atoms with Gasteiger partial charge < -0.3 is 0 Å². The van der Waals surface area contributed by atoms with Crippen molar-refractivity contribution in [2.45, 2.75) is 96.8 Å². The average molecular weight is 363 g/mol. The van der Waals surface area contributed by atoms with Gasteiger partial charge in [0.1, 0.15) is 0 Å². The van der Waals surface area contributed by atoms with E-state index in [1.807, 2.05) is 0 Å². The number of rotatable bonds is 6. The summed E-state index contributed by atoms with van der Waals surface area (Å²) in [7, 11) is 0. The second-order valence-corrected chi connectivity index (χ2v) is 8.86. The van der Waals surface area contributed by atoms with Gasteiger partial charge in [0.25, 0.3) is 0 Å². The summed E-state index contributed by atoms with van der Waals surface area (Å²) < 4.78 is 0. The maximum atomic E-state index is 3.45. The van der Waals surface area contributed by atoms with Crippen molar-refractivity contribution in [1.82, 2.24) is 0 Å². The van der Waals surface area contributed by atoms with Crippen molar-refractivity contribution < 1.29 is 0 Å². The monoisotopic (exact) mass is 362 g/mol. The zero-order chi connectivity index (χ0) is 18.9. The van der Waals surface area contributed by atoms with Crippen LogP contribution in [0.3, 0.4) is 0 Å². The molecule has 2 aliphatic carbocycles. The summed E-state index contributed by atoms with van der Waals surface area (Å²) in [6.45, 7) is 4.63. The molecule has 0 radical (unpaired) electrons. The SMILES string of the molecule is CCCCCC1CC=C(C#Cc2ccc(C3CCC(CC)CC3)cc2)CC1. The van der Waals surface area contributed by atoms with E-state index in [0.717, 1.165) is 17.8 Å². The summed E-state index contributed by atoms with van der Waals surface area (Å²) in [4.78, 5) is 0. The fourth-order valence-electron chi connectivity index (χ4n) is 4.84. The summed E-state index contributed by atoms with van der Waals surface area (Å²) in [6, 6.07) is 9.15. The summed E-state index contributed by atoms with van der Waals surface area (Å²) in [6.07, 6.45) is 18.6. The molecule has 0 aromatic heterocycles. The van der Waals surface area contributed by atoms with Gasteiger partial charge in [0.05, 0.1) is 0 Å². The third kappa shape index (κ3) is 6.27. The summed E-state index contributed by atoms with van der Waals surface area (Å²) in [5.74, 6) is 9.52. The van der Waals surface area contributed by atoms with E-state index < -0.39 is 0 Å². The molecule has 1 saturated carbocycles. The Labute approximate surface area is 167 Å². The van der Waals surface area contributed by atoms with Crippen molar-refractivity contribution >= 4 is 0 Å². The van der Waals surface area contributed by atoms with Crippen LogP contribution in [0.4, 0.5) is 0 Å². The van der Waals surface area contributed by atoms with Crippen molar-refractivity contribution in [2.75, 3.05) is 0 Å². The lowest BCUT2D eigenvalue weighted by atomic mass is 9.78. The molecule has 1 aromatic rings. The van der Waals surface area contributed by atoms with E-state index >= 15 is 0 Å². The fourth-order valence-corrected chi connectivity index (χ4v) is 4.84. The predicted octanol–water partition coefficient (Wildman–Crippen LogP) is 8.03. The van der Waals surface area contributed by atoms with Crippen molar-refractivity contribution in [3.05, 3.63) is 47.0 Å². The fraction of sp³-hybridized carbons (Fsp3) is 0.630. The van der Waals surface area contributed by atoms with E-state index in [4.69, 9.17) is 0 Å². The standard InChI is InChI=1S/C27H38/c1-3-5-6-7-23-8-10-24(11-9-23)12-13-25-16-20-27(21-17-25)26-18-14-22(4-2)15-19-26/h10,16-17,20-23,26H,3-9,11,14-15,18-19H2,1-2H3. The van der Waals surface area contributed by atoms with Gasteiger partial charge in [-0.15, -0.1) is 0 Å². The van der Waals surface area contributed by atoms with Crippen LogP contribution >= 0.6 is 0 Å². The van der Waals surface area contributed by atoms with Crippen LogP contribution in [-0.4, -0.2) is 0 Å². The normalized spacial score (nSPS) is 25.4. The molecule has 0 amide bonds. The molecule has 3 rings (SSSR count). The predicted molar refractivity (Wildman–Crippen MR) is 118 cm³/mol. The second kappa shape index (κ2) is 10.8. The average Bonchev–Trinajstić information content (AvgIpc) is 2.74. The number of benzene rings is 1. The maximum absolute atomic E-state index is 3.45. The molecule has 1 unspecified atom stereocenters. The maximum Gasteiger partial charge on any atom is 0.0249 e. The van der Waals surface area contributed by atoms with E-state index in [-0.39, 0.29) is 0 Å². The Hall–Kier alpha value is -1.48. The molecule has 0 N–H and O–H groups in total. The van der Waals surface area contributed by atoms with Gasteiger partial charge in [0.15, 0.2) is 0 Å². The number of unbranched alkanes of at least 4 members (excludes halogenated alkanes) is 2. The highest BCUT2D eigenvalue weighted by Crippen LogP contribution is 2.36. The van der Waals surface area contributed by atoms with E-state index in [1.165, 1.54) is 93.7 Å². The van der Waals surface area contributed by atoms with Gasteiger partial charge in [0, 0.05) is 5.56 Å². The van der Waals surface area contributed by atoms with Crippen LogP contribution in [0.25, 0.3) is 0 Å². The minimum Gasteiger partial charge on any atom is -0.0726 e. The van der Waals surface area contributed by atoms with Gasteiger partial charge in [-0.25, -0.2) is 0 Å². The van der Waals surface area contributed by atoms with Gasteiger partial charge in [-0.2, -0.15) is 0 Å². The van der Waals surface area contributed by atoms with Crippen LogP contribution in [0.5, 0.6) is 0 Å².